The second-order valence-corrected chi connectivity index (χ2v) is 4.01. The van der Waals surface area contributed by atoms with Gasteiger partial charge >= 0.3 is 6.18 Å². The largest absolute Gasteiger partial charge is 0.435 e. The Morgan fingerprint density at radius 2 is 1.89 bits per heavy atom. The van der Waals surface area contributed by atoms with E-state index in [4.69, 9.17) is 5.26 Å². The van der Waals surface area contributed by atoms with Gasteiger partial charge in [-0.2, -0.15) is 23.5 Å². The molecule has 0 radical (unpaired) electrons. The number of hydrogen-bond donors (Lipinski definition) is 0. The summed E-state index contributed by atoms with van der Waals surface area (Å²) < 4.78 is 38.4. The normalized spacial score (nSPS) is 12.9. The molecule has 1 heterocycles. The van der Waals surface area contributed by atoms with Crippen LogP contribution >= 0.6 is 0 Å². The van der Waals surface area contributed by atoms with Crippen molar-refractivity contribution in [2.75, 3.05) is 0 Å². The van der Waals surface area contributed by atoms with Crippen LogP contribution in [0.3, 0.4) is 0 Å². The summed E-state index contributed by atoms with van der Waals surface area (Å²) in [6, 6.07) is 11.9. The van der Waals surface area contributed by atoms with Crippen LogP contribution in [0, 0.1) is 11.3 Å². The molecular formula is C13H10F3N3. The van der Waals surface area contributed by atoms with Gasteiger partial charge in [-0.25, -0.2) is 0 Å². The van der Waals surface area contributed by atoms with Crippen molar-refractivity contribution in [3.63, 3.8) is 0 Å². The molecule has 0 aliphatic carbocycles. The smallest absolute Gasteiger partial charge is 0.270 e. The quantitative estimate of drug-likeness (QED) is 0.855. The minimum atomic E-state index is -4.46. The molecule has 2 rings (SSSR count). The standard InChI is InChI=1S/C13H10F3N3/c14-13(15,16)12-6-7-19(18-12)9-11(8-17)10-4-2-1-3-5-10/h1-7,11H,9H2. The molecule has 0 saturated heterocycles. The lowest BCUT2D eigenvalue weighted by Crippen LogP contribution is -2.11. The van der Waals surface area contributed by atoms with Gasteiger partial charge in [0.25, 0.3) is 0 Å². The van der Waals surface area contributed by atoms with E-state index in [1.54, 1.807) is 24.3 Å². The van der Waals surface area contributed by atoms with Crippen LogP contribution in [0.4, 0.5) is 13.2 Å². The Labute approximate surface area is 107 Å². The third-order valence-electron chi connectivity index (χ3n) is 2.66. The number of nitrogens with zero attached hydrogens (tertiary/aromatic N) is 3. The monoisotopic (exact) mass is 265 g/mol. The molecule has 0 saturated carbocycles. The van der Waals surface area contributed by atoms with Crippen LogP contribution in [0.5, 0.6) is 0 Å². The van der Waals surface area contributed by atoms with Gasteiger partial charge in [0.2, 0.25) is 0 Å². The highest BCUT2D eigenvalue weighted by atomic mass is 19.4. The van der Waals surface area contributed by atoms with Crippen LogP contribution in [0.15, 0.2) is 42.6 Å². The summed E-state index contributed by atoms with van der Waals surface area (Å²) in [5.74, 6) is -0.526. The molecule has 3 nitrogen and oxygen atoms in total. The van der Waals surface area contributed by atoms with E-state index in [9.17, 15) is 13.2 Å². The minimum absolute atomic E-state index is 0.0938. The zero-order valence-electron chi connectivity index (χ0n) is 9.80. The Hall–Kier alpha value is -2.29. The average Bonchev–Trinajstić information content (AvgIpc) is 2.85. The van der Waals surface area contributed by atoms with Gasteiger partial charge < -0.3 is 0 Å². The summed E-state index contributed by atoms with van der Waals surface area (Å²) >= 11 is 0. The second kappa shape index (κ2) is 5.14. The SMILES string of the molecule is N#CC(Cn1ccc(C(F)(F)F)n1)c1ccccc1. The molecule has 0 aliphatic heterocycles. The first-order valence-corrected chi connectivity index (χ1v) is 5.56. The molecule has 19 heavy (non-hydrogen) atoms. The first-order chi connectivity index (χ1) is 9.00. The Morgan fingerprint density at radius 1 is 1.21 bits per heavy atom. The molecule has 1 aromatic heterocycles. The minimum Gasteiger partial charge on any atom is -0.270 e. The molecule has 0 spiro atoms. The number of hydrogen-bond acceptors (Lipinski definition) is 2. The highest BCUT2D eigenvalue weighted by Gasteiger charge is 2.33. The van der Waals surface area contributed by atoms with Crippen LogP contribution in [0.2, 0.25) is 0 Å². The van der Waals surface area contributed by atoms with Gasteiger partial charge in [0.15, 0.2) is 5.69 Å². The van der Waals surface area contributed by atoms with Crippen molar-refractivity contribution in [2.45, 2.75) is 18.6 Å². The molecule has 1 unspecified atom stereocenters. The predicted molar refractivity (Wildman–Crippen MR) is 62.0 cm³/mol. The number of rotatable bonds is 3. The summed E-state index contributed by atoms with van der Waals surface area (Å²) in [4.78, 5) is 0. The Morgan fingerprint density at radius 3 is 2.42 bits per heavy atom. The van der Waals surface area contributed by atoms with Crippen molar-refractivity contribution in [3.8, 4) is 6.07 Å². The molecule has 98 valence electrons. The van der Waals surface area contributed by atoms with E-state index in [1.807, 2.05) is 6.07 Å². The summed E-state index contributed by atoms with van der Waals surface area (Å²) in [7, 11) is 0. The lowest BCUT2D eigenvalue weighted by atomic mass is 10.0. The van der Waals surface area contributed by atoms with Crippen LogP contribution in [0.25, 0.3) is 0 Å². The van der Waals surface area contributed by atoms with E-state index in [1.165, 1.54) is 6.20 Å². The van der Waals surface area contributed by atoms with Gasteiger partial charge in [0.05, 0.1) is 18.5 Å². The zero-order valence-corrected chi connectivity index (χ0v) is 9.80. The highest BCUT2D eigenvalue weighted by Crippen LogP contribution is 2.27. The van der Waals surface area contributed by atoms with Crippen molar-refractivity contribution in [3.05, 3.63) is 53.9 Å². The molecular weight excluding hydrogens is 255 g/mol. The lowest BCUT2D eigenvalue weighted by molar-refractivity contribution is -0.141. The van der Waals surface area contributed by atoms with Crippen LogP contribution in [0.1, 0.15) is 17.2 Å². The van der Waals surface area contributed by atoms with Crippen molar-refractivity contribution in [1.29, 1.82) is 5.26 Å². The maximum absolute atomic E-state index is 12.4. The van der Waals surface area contributed by atoms with E-state index in [0.29, 0.717) is 0 Å². The first kappa shape index (κ1) is 13.1. The maximum Gasteiger partial charge on any atom is 0.435 e. The van der Waals surface area contributed by atoms with Crippen molar-refractivity contribution >= 4 is 0 Å². The van der Waals surface area contributed by atoms with E-state index in [0.717, 1.165) is 16.3 Å². The number of halogens is 3. The lowest BCUT2D eigenvalue weighted by Gasteiger charge is -2.09. The fourth-order valence-corrected chi connectivity index (χ4v) is 1.71. The van der Waals surface area contributed by atoms with Crippen molar-refractivity contribution in [2.24, 2.45) is 0 Å². The topological polar surface area (TPSA) is 41.6 Å². The third-order valence-corrected chi connectivity index (χ3v) is 2.66. The van der Waals surface area contributed by atoms with E-state index >= 15 is 0 Å². The molecule has 0 N–H and O–H groups in total. The fraction of sp³-hybridized carbons (Fsp3) is 0.231. The van der Waals surface area contributed by atoms with Crippen LogP contribution in [-0.2, 0) is 12.7 Å². The van der Waals surface area contributed by atoms with Gasteiger partial charge in [-0.3, -0.25) is 4.68 Å². The predicted octanol–water partition coefficient (Wildman–Crippen LogP) is 3.21. The molecule has 0 aliphatic rings. The Balaban J connectivity index is 2.16. The molecule has 1 aromatic carbocycles. The highest BCUT2D eigenvalue weighted by molar-refractivity contribution is 5.24. The van der Waals surface area contributed by atoms with Gasteiger partial charge in [-0.1, -0.05) is 30.3 Å². The molecule has 2 aromatic rings. The fourth-order valence-electron chi connectivity index (χ4n) is 1.71. The number of benzene rings is 1. The Bertz CT molecular complexity index is 581. The van der Waals surface area contributed by atoms with E-state index in [-0.39, 0.29) is 6.54 Å². The van der Waals surface area contributed by atoms with Crippen molar-refractivity contribution < 1.29 is 13.2 Å². The third kappa shape index (κ3) is 3.13. The summed E-state index contributed by atoms with van der Waals surface area (Å²) in [6.07, 6.45) is -3.23. The first-order valence-electron chi connectivity index (χ1n) is 5.56. The number of aromatic nitrogens is 2. The van der Waals surface area contributed by atoms with Crippen molar-refractivity contribution in [1.82, 2.24) is 9.78 Å². The average molecular weight is 265 g/mol. The maximum atomic E-state index is 12.4. The van der Waals surface area contributed by atoms with Crippen LogP contribution in [-0.4, -0.2) is 9.78 Å². The summed E-state index contributed by atoms with van der Waals surface area (Å²) in [5.41, 5.74) is -0.189. The molecule has 0 amide bonds. The molecule has 0 bridgehead atoms. The summed E-state index contributed by atoms with van der Waals surface area (Å²) in [5, 5.41) is 12.5. The zero-order chi connectivity index (χ0) is 13.9. The van der Waals surface area contributed by atoms with Gasteiger partial charge in [0, 0.05) is 6.20 Å². The van der Waals surface area contributed by atoms with Crippen LogP contribution < -0.4 is 0 Å². The van der Waals surface area contributed by atoms with Gasteiger partial charge in [-0.15, -0.1) is 0 Å². The second-order valence-electron chi connectivity index (χ2n) is 4.01. The molecule has 6 heteroatoms. The van der Waals surface area contributed by atoms with E-state index < -0.39 is 17.8 Å². The Kier molecular flexibility index (Phi) is 3.56. The van der Waals surface area contributed by atoms with Gasteiger partial charge in [-0.05, 0) is 11.6 Å². The van der Waals surface area contributed by atoms with Gasteiger partial charge in [0.1, 0.15) is 0 Å². The van der Waals surface area contributed by atoms with E-state index in [2.05, 4.69) is 11.2 Å². The number of nitriles is 1. The summed E-state index contributed by atoms with van der Waals surface area (Å²) in [6.45, 7) is 0.0938. The molecule has 1 atom stereocenters. The number of alkyl halides is 3. The molecule has 0 fully saturated rings.